The molecule has 0 heterocycles. The van der Waals surface area contributed by atoms with E-state index in [9.17, 15) is 0 Å². The first-order chi connectivity index (χ1) is 30.2. The molecule has 0 bridgehead atoms. The molecule has 0 amide bonds. The molecule has 0 N–H and O–H groups in total. The Morgan fingerprint density at radius 2 is 0.459 bits per heavy atom. The summed E-state index contributed by atoms with van der Waals surface area (Å²) in [4.78, 5) is 0. The summed E-state index contributed by atoms with van der Waals surface area (Å²) in [6.07, 6.45) is 0. The topological polar surface area (TPSA) is 27.7 Å². The summed E-state index contributed by atoms with van der Waals surface area (Å²) in [5.41, 5.74) is 0. The van der Waals surface area contributed by atoms with E-state index in [4.69, 9.17) is 12.3 Å². The van der Waals surface area contributed by atoms with Gasteiger partial charge in [-0.1, -0.05) is 273 Å². The average molecular weight is 855 g/mol. The number of benzene rings is 9. The van der Waals surface area contributed by atoms with Crippen molar-refractivity contribution in [3.63, 3.8) is 0 Å². The first kappa shape index (κ1) is 40.1. The molecule has 0 aromatic heterocycles. The highest BCUT2D eigenvalue weighted by molar-refractivity contribution is 7.15. The third-order valence-electron chi connectivity index (χ3n) is 11.2. The molecule has 0 saturated heterocycles. The van der Waals surface area contributed by atoms with Gasteiger partial charge < -0.3 is 12.3 Å². The van der Waals surface area contributed by atoms with E-state index in [1.165, 1.54) is 10.4 Å². The predicted molar refractivity (Wildman–Crippen MR) is 262 cm³/mol. The van der Waals surface area contributed by atoms with Crippen molar-refractivity contribution in [1.29, 1.82) is 0 Å². The second kappa shape index (κ2) is 18.6. The van der Waals surface area contributed by atoms with Gasteiger partial charge in [-0.05, 0) is 46.7 Å². The van der Waals surface area contributed by atoms with Gasteiger partial charge in [0.05, 0.1) is 0 Å². The lowest BCUT2D eigenvalue weighted by Crippen LogP contribution is -2.82. The van der Waals surface area contributed by atoms with Gasteiger partial charge in [0.25, 0.3) is 8.32 Å². The molecule has 0 aliphatic heterocycles. The van der Waals surface area contributed by atoms with Crippen molar-refractivity contribution in [2.45, 2.75) is 0 Å². The van der Waals surface area contributed by atoms with E-state index in [-0.39, 0.29) is 0 Å². The molecule has 3 nitrogen and oxygen atoms in total. The summed E-state index contributed by atoms with van der Waals surface area (Å²) in [6, 6.07) is 96.8. The van der Waals surface area contributed by atoms with Gasteiger partial charge in [0.2, 0.25) is 9.04 Å². The second-order valence-electron chi connectivity index (χ2n) is 15.0. The molecule has 0 aliphatic carbocycles. The van der Waals surface area contributed by atoms with Gasteiger partial charge in [-0.25, -0.2) is 0 Å². The Bertz CT molecular complexity index is 2490. The Morgan fingerprint density at radius 1 is 0.230 bits per heavy atom. The molecule has 0 radical (unpaired) electrons. The smallest absolute Gasteiger partial charge is 0.389 e. The molecule has 9 aromatic rings. The van der Waals surface area contributed by atoms with E-state index in [1.54, 1.807) is 0 Å². The summed E-state index contributed by atoms with van der Waals surface area (Å²) in [7, 11) is -13.8. The van der Waals surface area contributed by atoms with Crippen LogP contribution in [0.2, 0.25) is 0 Å². The lowest BCUT2D eigenvalue weighted by molar-refractivity contribution is 0.366. The zero-order valence-corrected chi connectivity index (χ0v) is 37.9. The van der Waals surface area contributed by atoms with E-state index in [0.29, 0.717) is 0 Å². The Kier molecular flexibility index (Phi) is 12.2. The standard InChI is InChI=1S/C54H46O3Si4/c1-10-28-46(29-11-1)58(47-30-12-2-13-31-47)55-60(51-38-20-6-21-39-51,52-40-22-7-23-41-52)57-61(53-42-24-8-25-43-53,54-44-26-9-27-45-54)56-59(48-32-14-3-15-33-48,49-34-16-4-17-35-49)50-36-18-5-19-37-50/h1-45,58H. The molecule has 0 atom stereocenters. The minimum atomic E-state index is -3.98. The van der Waals surface area contributed by atoms with Crippen LogP contribution < -0.4 is 46.7 Å². The molecular formula is C54H46O3Si4. The van der Waals surface area contributed by atoms with Gasteiger partial charge >= 0.3 is 17.1 Å². The highest BCUT2D eigenvalue weighted by Gasteiger charge is 2.59. The van der Waals surface area contributed by atoms with E-state index in [2.05, 4.69) is 273 Å². The Balaban J connectivity index is 1.41. The molecule has 296 valence electrons. The fourth-order valence-electron chi connectivity index (χ4n) is 8.36. The number of hydrogen-bond acceptors (Lipinski definition) is 3. The van der Waals surface area contributed by atoms with Gasteiger partial charge in [0.1, 0.15) is 0 Å². The highest BCUT2D eigenvalue weighted by atomic mass is 28.5. The molecular weight excluding hydrogens is 809 g/mol. The van der Waals surface area contributed by atoms with Crippen LogP contribution in [0.4, 0.5) is 0 Å². The third-order valence-corrected chi connectivity index (χ3v) is 28.0. The van der Waals surface area contributed by atoms with Gasteiger partial charge in [0.15, 0.2) is 0 Å². The SMILES string of the molecule is c1ccc([SiH](O[Si](O[Si](O[Si](c2ccccc2)(c2ccccc2)c2ccccc2)(c2ccccc2)c2ccccc2)(c2ccccc2)c2ccccc2)c2ccccc2)cc1. The normalized spacial score (nSPS) is 12.0. The molecule has 9 rings (SSSR count). The summed E-state index contributed by atoms with van der Waals surface area (Å²) in [6.45, 7) is 0. The summed E-state index contributed by atoms with van der Waals surface area (Å²) in [5.74, 6) is 0. The molecule has 0 saturated carbocycles. The van der Waals surface area contributed by atoms with Gasteiger partial charge in [-0.15, -0.1) is 0 Å². The lowest BCUT2D eigenvalue weighted by Gasteiger charge is -2.47. The fourth-order valence-corrected chi connectivity index (χ4v) is 28.3. The molecule has 9 aromatic carbocycles. The summed E-state index contributed by atoms with van der Waals surface area (Å²) < 4.78 is 25.6. The first-order valence-electron chi connectivity index (χ1n) is 20.8. The van der Waals surface area contributed by atoms with Crippen LogP contribution in [0.5, 0.6) is 0 Å². The molecule has 0 fully saturated rings. The van der Waals surface area contributed by atoms with Gasteiger partial charge in [-0.2, -0.15) is 0 Å². The fraction of sp³-hybridized carbons (Fsp3) is 0. The van der Waals surface area contributed by atoms with Crippen LogP contribution in [0, 0.1) is 0 Å². The minimum Gasteiger partial charge on any atom is -0.424 e. The number of hydrogen-bond donors (Lipinski definition) is 0. The van der Waals surface area contributed by atoms with Crippen LogP contribution in [0.15, 0.2) is 273 Å². The Labute approximate surface area is 364 Å². The highest BCUT2D eigenvalue weighted by Crippen LogP contribution is 2.25. The molecule has 0 aliphatic rings. The van der Waals surface area contributed by atoms with Crippen LogP contribution in [0.25, 0.3) is 0 Å². The first-order valence-corrected chi connectivity index (χ1v) is 27.9. The van der Waals surface area contributed by atoms with E-state index < -0.39 is 34.5 Å². The largest absolute Gasteiger partial charge is 0.424 e. The maximum absolute atomic E-state index is 8.67. The van der Waals surface area contributed by atoms with Crippen LogP contribution in [-0.2, 0) is 12.3 Å². The number of rotatable bonds is 15. The molecule has 0 unspecified atom stereocenters. The molecule has 0 spiro atoms. The van der Waals surface area contributed by atoms with E-state index in [0.717, 1.165) is 36.3 Å². The lowest BCUT2D eigenvalue weighted by atomic mass is 10.3. The maximum atomic E-state index is 8.67. The van der Waals surface area contributed by atoms with Crippen molar-refractivity contribution in [2.24, 2.45) is 0 Å². The van der Waals surface area contributed by atoms with Crippen molar-refractivity contribution in [3.8, 4) is 0 Å². The van der Waals surface area contributed by atoms with Gasteiger partial charge in [0, 0.05) is 0 Å². The summed E-state index contributed by atoms with van der Waals surface area (Å²) in [5, 5.41) is 9.80. The zero-order valence-electron chi connectivity index (χ0n) is 33.8. The zero-order chi connectivity index (χ0) is 41.2. The van der Waals surface area contributed by atoms with Crippen LogP contribution in [0.3, 0.4) is 0 Å². The minimum absolute atomic E-state index is 1.01. The van der Waals surface area contributed by atoms with Crippen molar-refractivity contribution in [2.75, 3.05) is 0 Å². The maximum Gasteiger partial charge on any atom is 0.389 e. The van der Waals surface area contributed by atoms with Crippen LogP contribution >= 0.6 is 0 Å². The Hall–Kier alpha value is -6.27. The molecule has 61 heavy (non-hydrogen) atoms. The van der Waals surface area contributed by atoms with Gasteiger partial charge in [-0.3, -0.25) is 0 Å². The summed E-state index contributed by atoms with van der Waals surface area (Å²) >= 11 is 0. The Morgan fingerprint density at radius 3 is 0.738 bits per heavy atom. The monoisotopic (exact) mass is 854 g/mol. The second-order valence-corrected chi connectivity index (χ2v) is 27.5. The third kappa shape index (κ3) is 8.16. The van der Waals surface area contributed by atoms with Crippen molar-refractivity contribution in [1.82, 2.24) is 0 Å². The van der Waals surface area contributed by atoms with E-state index >= 15 is 0 Å². The van der Waals surface area contributed by atoms with E-state index in [1.807, 2.05) is 0 Å². The van der Waals surface area contributed by atoms with Crippen molar-refractivity contribution >= 4 is 81.2 Å². The van der Waals surface area contributed by atoms with Crippen LogP contribution in [0.1, 0.15) is 0 Å². The average Bonchev–Trinajstić information content (AvgIpc) is 3.36. The molecule has 7 heteroatoms. The van der Waals surface area contributed by atoms with Crippen molar-refractivity contribution in [3.05, 3.63) is 273 Å². The van der Waals surface area contributed by atoms with Crippen LogP contribution in [-0.4, -0.2) is 34.5 Å². The quantitative estimate of drug-likeness (QED) is 0.0972. The predicted octanol–water partition coefficient (Wildman–Crippen LogP) is 5.75. The van der Waals surface area contributed by atoms with Crippen molar-refractivity contribution < 1.29 is 12.3 Å².